The Bertz CT molecular complexity index is 1880. The Kier molecular flexibility index (Phi) is 7.27. The van der Waals surface area contributed by atoms with Gasteiger partial charge in [0.25, 0.3) is 0 Å². The van der Waals surface area contributed by atoms with Crippen molar-refractivity contribution in [2.24, 2.45) is 0 Å². The minimum Gasteiger partial charge on any atom is -0.143 e. The zero-order chi connectivity index (χ0) is 27.2. The van der Waals surface area contributed by atoms with Crippen molar-refractivity contribution in [1.29, 1.82) is 0 Å². The van der Waals surface area contributed by atoms with Gasteiger partial charge < -0.3 is 0 Å². The molecule has 0 nitrogen and oxygen atoms in total. The van der Waals surface area contributed by atoms with Gasteiger partial charge in [-0.15, -0.1) is 90.7 Å². The SMILES string of the molecule is c1csc(-c2ccc(-c3ccc(-c4ccc(Cc5ccc(-c6ccc(-c7ccc(-c8cccs8)s7)s6)s5)s4)s3)s2)c1. The van der Waals surface area contributed by atoms with Crippen LogP contribution in [-0.2, 0) is 6.42 Å². The molecule has 8 aromatic rings. The molecule has 41 heavy (non-hydrogen) atoms. The fourth-order valence-corrected chi connectivity index (χ4v) is 12.8. The van der Waals surface area contributed by atoms with E-state index >= 15 is 0 Å². The van der Waals surface area contributed by atoms with Crippen LogP contribution in [0.2, 0.25) is 0 Å². The Morgan fingerprint density at radius 2 is 0.585 bits per heavy atom. The first kappa shape index (κ1) is 26.2. The van der Waals surface area contributed by atoms with Gasteiger partial charge in [-0.25, -0.2) is 0 Å². The van der Waals surface area contributed by atoms with E-state index in [-0.39, 0.29) is 0 Å². The lowest BCUT2D eigenvalue weighted by atomic mass is 10.3. The Morgan fingerprint density at radius 3 is 0.902 bits per heavy atom. The van der Waals surface area contributed by atoms with E-state index in [9.17, 15) is 0 Å². The lowest BCUT2D eigenvalue weighted by molar-refractivity contribution is 1.31. The maximum absolute atomic E-state index is 2.31. The van der Waals surface area contributed by atoms with Gasteiger partial charge in [-0.1, -0.05) is 12.1 Å². The molecule has 0 aliphatic heterocycles. The summed E-state index contributed by atoms with van der Waals surface area (Å²) >= 11 is 15.0. The van der Waals surface area contributed by atoms with Crippen LogP contribution in [0.5, 0.6) is 0 Å². The van der Waals surface area contributed by atoms with E-state index in [1.807, 2.05) is 90.7 Å². The highest BCUT2D eigenvalue weighted by atomic mass is 32.1. The fourth-order valence-electron chi connectivity index (χ4n) is 4.63. The van der Waals surface area contributed by atoms with Crippen LogP contribution in [0.3, 0.4) is 0 Å². The summed E-state index contributed by atoms with van der Waals surface area (Å²) in [5.74, 6) is 0. The number of hydrogen-bond donors (Lipinski definition) is 0. The van der Waals surface area contributed by atoms with Gasteiger partial charge in [0, 0.05) is 74.7 Å². The van der Waals surface area contributed by atoms with Gasteiger partial charge in [-0.3, -0.25) is 0 Å². The van der Waals surface area contributed by atoms with Crippen molar-refractivity contribution in [3.63, 3.8) is 0 Å². The van der Waals surface area contributed by atoms with Crippen molar-refractivity contribution < 1.29 is 0 Å². The minimum absolute atomic E-state index is 0.996. The molecule has 0 aromatic carbocycles. The first-order valence-corrected chi connectivity index (χ1v) is 19.6. The maximum atomic E-state index is 2.31. The van der Waals surface area contributed by atoms with Gasteiger partial charge in [0.1, 0.15) is 0 Å². The van der Waals surface area contributed by atoms with E-state index in [4.69, 9.17) is 0 Å². The molecule has 0 saturated carbocycles. The van der Waals surface area contributed by atoms with Crippen molar-refractivity contribution in [2.45, 2.75) is 6.42 Å². The molecule has 8 heteroatoms. The summed E-state index contributed by atoms with van der Waals surface area (Å²) in [5, 5.41) is 4.30. The molecule has 0 aliphatic carbocycles. The zero-order valence-corrected chi connectivity index (χ0v) is 27.9. The van der Waals surface area contributed by atoms with Crippen molar-refractivity contribution in [3.8, 4) is 58.5 Å². The predicted octanol–water partition coefficient (Wildman–Crippen LogP) is 13.8. The lowest BCUT2D eigenvalue weighted by Crippen LogP contribution is -1.76. The molecule has 0 unspecified atom stereocenters. The molecular formula is C33H20S8. The third kappa shape index (κ3) is 5.44. The fraction of sp³-hybridized carbons (Fsp3) is 0.0303. The highest BCUT2D eigenvalue weighted by molar-refractivity contribution is 7.29. The van der Waals surface area contributed by atoms with Crippen molar-refractivity contribution in [1.82, 2.24) is 0 Å². The van der Waals surface area contributed by atoms with Crippen LogP contribution in [-0.4, -0.2) is 0 Å². The average Bonchev–Trinajstić information content (AvgIpc) is 3.86. The molecule has 0 saturated heterocycles. The Balaban J connectivity index is 0.952. The van der Waals surface area contributed by atoms with Crippen LogP contribution in [0, 0.1) is 0 Å². The van der Waals surface area contributed by atoms with Crippen LogP contribution in [0.4, 0.5) is 0 Å². The first-order valence-electron chi connectivity index (χ1n) is 12.9. The van der Waals surface area contributed by atoms with Gasteiger partial charge in [0.15, 0.2) is 0 Å². The normalized spacial score (nSPS) is 11.5. The molecule has 8 rings (SSSR count). The smallest absolute Gasteiger partial charge is 0.0449 e. The van der Waals surface area contributed by atoms with E-state index in [2.05, 4.69) is 108 Å². The number of rotatable bonds is 8. The lowest BCUT2D eigenvalue weighted by Gasteiger charge is -1.94. The summed E-state index contributed by atoms with van der Waals surface area (Å²) in [7, 11) is 0. The molecule has 200 valence electrons. The molecule has 0 aliphatic rings. The van der Waals surface area contributed by atoms with E-state index in [0.717, 1.165) is 6.42 Å². The topological polar surface area (TPSA) is 0 Å². The van der Waals surface area contributed by atoms with Crippen LogP contribution in [0.1, 0.15) is 9.75 Å². The zero-order valence-electron chi connectivity index (χ0n) is 21.4. The molecule has 0 bridgehead atoms. The molecule has 0 atom stereocenters. The molecule has 8 aromatic heterocycles. The standard InChI is InChI=1S/C33H20S8/c1-3-22(34-17-1)24-9-11-30(38-24)32-15-13-28(40-32)26-7-5-20(36-26)19-21-6-8-27(37-21)29-14-16-33(41-29)31-12-10-25(39-31)23-4-2-18-35-23/h1-18H,19H2. The summed E-state index contributed by atoms with van der Waals surface area (Å²) in [6.07, 6.45) is 0.996. The second kappa shape index (κ2) is 11.4. The Labute approximate surface area is 270 Å². The van der Waals surface area contributed by atoms with Crippen LogP contribution in [0.15, 0.2) is 108 Å². The minimum atomic E-state index is 0.996. The molecule has 0 amide bonds. The second-order valence-electron chi connectivity index (χ2n) is 9.32. The third-order valence-corrected chi connectivity index (χ3v) is 16.0. The summed E-state index contributed by atoms with van der Waals surface area (Å²) in [6.45, 7) is 0. The summed E-state index contributed by atoms with van der Waals surface area (Å²) < 4.78 is 0. The number of thiophene rings is 8. The molecule has 0 spiro atoms. The highest BCUT2D eigenvalue weighted by Crippen LogP contribution is 2.44. The largest absolute Gasteiger partial charge is 0.143 e. The Morgan fingerprint density at radius 1 is 0.293 bits per heavy atom. The summed E-state index contributed by atoms with van der Waals surface area (Å²) in [6, 6.07) is 36.1. The third-order valence-electron chi connectivity index (χ3n) is 6.60. The Hall–Kier alpha value is -2.40. The van der Waals surface area contributed by atoms with E-state index in [1.54, 1.807) is 0 Å². The van der Waals surface area contributed by atoms with Gasteiger partial charge >= 0.3 is 0 Å². The van der Waals surface area contributed by atoms with Gasteiger partial charge in [-0.2, -0.15) is 0 Å². The van der Waals surface area contributed by atoms with Crippen molar-refractivity contribution in [3.05, 3.63) is 118 Å². The highest BCUT2D eigenvalue weighted by Gasteiger charge is 2.14. The van der Waals surface area contributed by atoms with E-state index in [1.165, 1.54) is 68.3 Å². The van der Waals surface area contributed by atoms with Gasteiger partial charge in [0.05, 0.1) is 0 Å². The van der Waals surface area contributed by atoms with Crippen LogP contribution in [0.25, 0.3) is 58.5 Å². The molecule has 0 radical (unpaired) electrons. The van der Waals surface area contributed by atoms with Crippen molar-refractivity contribution >= 4 is 90.7 Å². The first-order chi connectivity index (χ1) is 20.2. The average molecular weight is 673 g/mol. The summed E-state index contributed by atoms with van der Waals surface area (Å²) in [4.78, 5) is 19.1. The molecule has 0 N–H and O–H groups in total. The van der Waals surface area contributed by atoms with Gasteiger partial charge in [0.2, 0.25) is 0 Å². The molecular weight excluding hydrogens is 653 g/mol. The maximum Gasteiger partial charge on any atom is 0.0449 e. The summed E-state index contributed by atoms with van der Waals surface area (Å²) in [5.41, 5.74) is 0. The van der Waals surface area contributed by atoms with E-state index in [0.29, 0.717) is 0 Å². The van der Waals surface area contributed by atoms with Crippen LogP contribution >= 0.6 is 90.7 Å². The number of hydrogen-bond acceptors (Lipinski definition) is 8. The second-order valence-corrected chi connectivity index (χ2v) is 17.9. The van der Waals surface area contributed by atoms with Crippen LogP contribution < -0.4 is 0 Å². The molecule has 0 fully saturated rings. The van der Waals surface area contributed by atoms with E-state index < -0.39 is 0 Å². The quantitative estimate of drug-likeness (QED) is 0.151. The van der Waals surface area contributed by atoms with Crippen molar-refractivity contribution in [2.75, 3.05) is 0 Å². The van der Waals surface area contributed by atoms with Gasteiger partial charge in [-0.05, 0) is 95.7 Å². The monoisotopic (exact) mass is 672 g/mol. The molecule has 8 heterocycles. The predicted molar refractivity (Wildman–Crippen MR) is 191 cm³/mol.